The summed E-state index contributed by atoms with van der Waals surface area (Å²) >= 11 is 0. The number of piperazine rings is 1. The summed E-state index contributed by atoms with van der Waals surface area (Å²) in [6, 6.07) is 0.696. The highest BCUT2D eigenvalue weighted by atomic mass is 15.3. The van der Waals surface area contributed by atoms with Crippen LogP contribution in [0.15, 0.2) is 0 Å². The van der Waals surface area contributed by atoms with Gasteiger partial charge in [-0.05, 0) is 50.9 Å². The molecule has 2 heteroatoms. The van der Waals surface area contributed by atoms with Crippen LogP contribution in [-0.2, 0) is 0 Å². The predicted molar refractivity (Wildman–Crippen MR) is 88.1 cm³/mol. The van der Waals surface area contributed by atoms with Gasteiger partial charge in [-0.1, -0.05) is 34.6 Å². The standard InChI is InChI=1S/C18H36N2/c1-7-18(8-2,9-3)20-13-17(6,15-10-11-15)19-12-16(20)14(4)5/h14-16,19H,7-13H2,1-6H3. The molecule has 1 N–H and O–H groups in total. The average molecular weight is 280 g/mol. The Morgan fingerprint density at radius 2 is 1.70 bits per heavy atom. The fourth-order valence-electron chi connectivity index (χ4n) is 4.44. The van der Waals surface area contributed by atoms with Gasteiger partial charge in [0.2, 0.25) is 0 Å². The van der Waals surface area contributed by atoms with E-state index in [1.54, 1.807) is 0 Å². The molecule has 0 aromatic heterocycles. The lowest BCUT2D eigenvalue weighted by Crippen LogP contribution is -2.70. The summed E-state index contributed by atoms with van der Waals surface area (Å²) in [7, 11) is 0. The Morgan fingerprint density at radius 3 is 2.10 bits per heavy atom. The second-order valence-electron chi connectivity index (χ2n) is 7.80. The highest BCUT2D eigenvalue weighted by Gasteiger charge is 2.50. The van der Waals surface area contributed by atoms with Gasteiger partial charge in [0.25, 0.3) is 0 Å². The molecule has 0 aromatic carbocycles. The Balaban J connectivity index is 2.26. The molecule has 2 rings (SSSR count). The minimum absolute atomic E-state index is 0.357. The summed E-state index contributed by atoms with van der Waals surface area (Å²) in [5.74, 6) is 1.65. The van der Waals surface area contributed by atoms with Crippen molar-refractivity contribution in [3.05, 3.63) is 0 Å². The normalized spacial score (nSPS) is 32.9. The molecule has 1 aliphatic heterocycles. The SMILES string of the molecule is CCC(CC)(CC)N1CC(C)(C2CC2)NCC1C(C)C. The smallest absolute Gasteiger partial charge is 0.0309 e. The van der Waals surface area contributed by atoms with Crippen molar-refractivity contribution in [3.63, 3.8) is 0 Å². The van der Waals surface area contributed by atoms with Gasteiger partial charge in [-0.2, -0.15) is 0 Å². The summed E-state index contributed by atoms with van der Waals surface area (Å²) in [4.78, 5) is 2.91. The first-order valence-corrected chi connectivity index (χ1v) is 8.94. The fraction of sp³-hybridized carbons (Fsp3) is 1.00. The third-order valence-corrected chi connectivity index (χ3v) is 6.45. The van der Waals surface area contributed by atoms with Crippen molar-refractivity contribution in [2.75, 3.05) is 13.1 Å². The van der Waals surface area contributed by atoms with E-state index < -0.39 is 0 Å². The van der Waals surface area contributed by atoms with Crippen molar-refractivity contribution in [2.45, 2.75) is 90.8 Å². The van der Waals surface area contributed by atoms with Crippen LogP contribution in [0, 0.1) is 11.8 Å². The summed E-state index contributed by atoms with van der Waals surface area (Å²) < 4.78 is 0. The van der Waals surface area contributed by atoms with E-state index in [1.165, 1.54) is 45.2 Å². The van der Waals surface area contributed by atoms with Crippen molar-refractivity contribution in [1.29, 1.82) is 0 Å². The molecule has 1 saturated carbocycles. The molecule has 0 aromatic rings. The van der Waals surface area contributed by atoms with Crippen LogP contribution in [0.4, 0.5) is 0 Å². The van der Waals surface area contributed by atoms with Gasteiger partial charge < -0.3 is 5.32 Å². The molecule has 0 amide bonds. The lowest BCUT2D eigenvalue weighted by atomic mass is 9.79. The molecular weight excluding hydrogens is 244 g/mol. The molecule has 0 radical (unpaired) electrons. The van der Waals surface area contributed by atoms with E-state index in [0.717, 1.165) is 11.8 Å². The first kappa shape index (κ1) is 16.3. The highest BCUT2D eigenvalue weighted by Crippen LogP contribution is 2.44. The van der Waals surface area contributed by atoms with E-state index in [9.17, 15) is 0 Å². The van der Waals surface area contributed by atoms with Gasteiger partial charge in [0.1, 0.15) is 0 Å². The number of hydrogen-bond acceptors (Lipinski definition) is 2. The van der Waals surface area contributed by atoms with Gasteiger partial charge in [-0.15, -0.1) is 0 Å². The average Bonchev–Trinajstić information content (AvgIpc) is 3.26. The van der Waals surface area contributed by atoms with Crippen LogP contribution in [0.25, 0.3) is 0 Å². The Morgan fingerprint density at radius 1 is 1.15 bits per heavy atom. The number of nitrogens with zero attached hydrogens (tertiary/aromatic N) is 1. The molecule has 2 nitrogen and oxygen atoms in total. The number of hydrogen-bond donors (Lipinski definition) is 1. The van der Waals surface area contributed by atoms with Gasteiger partial charge in [0.05, 0.1) is 0 Å². The van der Waals surface area contributed by atoms with E-state index in [-0.39, 0.29) is 0 Å². The highest BCUT2D eigenvalue weighted by molar-refractivity contribution is 5.08. The third kappa shape index (κ3) is 2.78. The zero-order valence-electron chi connectivity index (χ0n) is 14.6. The van der Waals surface area contributed by atoms with Crippen LogP contribution >= 0.6 is 0 Å². The molecule has 0 spiro atoms. The molecule has 118 valence electrons. The van der Waals surface area contributed by atoms with Crippen molar-refractivity contribution in [1.82, 2.24) is 10.2 Å². The van der Waals surface area contributed by atoms with Crippen molar-refractivity contribution in [2.24, 2.45) is 11.8 Å². The molecular formula is C18H36N2. The van der Waals surface area contributed by atoms with E-state index >= 15 is 0 Å². The van der Waals surface area contributed by atoms with Crippen molar-refractivity contribution >= 4 is 0 Å². The minimum Gasteiger partial charge on any atom is -0.308 e. The Labute approximate surface area is 126 Å². The fourth-order valence-corrected chi connectivity index (χ4v) is 4.44. The molecule has 2 aliphatic rings. The molecule has 1 saturated heterocycles. The van der Waals surface area contributed by atoms with Crippen LogP contribution in [0.3, 0.4) is 0 Å². The minimum atomic E-state index is 0.357. The van der Waals surface area contributed by atoms with Gasteiger partial charge >= 0.3 is 0 Å². The topological polar surface area (TPSA) is 15.3 Å². The second-order valence-corrected chi connectivity index (χ2v) is 7.80. The largest absolute Gasteiger partial charge is 0.308 e. The number of nitrogens with one attached hydrogen (secondary N) is 1. The molecule has 0 bridgehead atoms. The zero-order chi connectivity index (χ0) is 15.0. The molecule has 2 unspecified atom stereocenters. The molecule has 1 aliphatic carbocycles. The first-order chi connectivity index (χ1) is 9.42. The maximum absolute atomic E-state index is 3.92. The lowest BCUT2D eigenvalue weighted by Gasteiger charge is -2.56. The number of rotatable bonds is 6. The third-order valence-electron chi connectivity index (χ3n) is 6.45. The van der Waals surface area contributed by atoms with Gasteiger partial charge in [0.15, 0.2) is 0 Å². The predicted octanol–water partition coefficient (Wildman–Crippen LogP) is 4.05. The van der Waals surface area contributed by atoms with Crippen LogP contribution < -0.4 is 5.32 Å². The van der Waals surface area contributed by atoms with Crippen LogP contribution in [0.2, 0.25) is 0 Å². The summed E-state index contributed by atoms with van der Waals surface area (Å²) in [5.41, 5.74) is 0.767. The van der Waals surface area contributed by atoms with E-state index in [0.29, 0.717) is 17.1 Å². The van der Waals surface area contributed by atoms with E-state index in [1.807, 2.05) is 0 Å². The maximum atomic E-state index is 3.92. The lowest BCUT2D eigenvalue weighted by molar-refractivity contribution is -0.0419. The first-order valence-electron chi connectivity index (χ1n) is 8.94. The Hall–Kier alpha value is -0.0800. The molecule has 2 fully saturated rings. The summed E-state index contributed by atoms with van der Waals surface area (Å²) in [6.45, 7) is 16.8. The van der Waals surface area contributed by atoms with Crippen molar-refractivity contribution < 1.29 is 0 Å². The second kappa shape index (κ2) is 5.96. The van der Waals surface area contributed by atoms with Crippen LogP contribution in [0.5, 0.6) is 0 Å². The summed E-state index contributed by atoms with van der Waals surface area (Å²) in [5, 5.41) is 3.92. The quantitative estimate of drug-likeness (QED) is 0.789. The van der Waals surface area contributed by atoms with E-state index in [4.69, 9.17) is 0 Å². The molecule has 20 heavy (non-hydrogen) atoms. The van der Waals surface area contributed by atoms with Gasteiger partial charge in [-0.3, -0.25) is 4.90 Å². The molecule has 1 heterocycles. The Bertz CT molecular complexity index is 309. The maximum Gasteiger partial charge on any atom is 0.0309 e. The monoisotopic (exact) mass is 280 g/mol. The Kier molecular flexibility index (Phi) is 4.86. The van der Waals surface area contributed by atoms with Crippen LogP contribution in [0.1, 0.15) is 73.6 Å². The molecule has 2 atom stereocenters. The van der Waals surface area contributed by atoms with Gasteiger partial charge in [-0.25, -0.2) is 0 Å². The van der Waals surface area contributed by atoms with Gasteiger partial charge in [0, 0.05) is 30.2 Å². The van der Waals surface area contributed by atoms with E-state index in [2.05, 4.69) is 51.8 Å². The zero-order valence-corrected chi connectivity index (χ0v) is 14.6. The van der Waals surface area contributed by atoms with Crippen molar-refractivity contribution in [3.8, 4) is 0 Å². The van der Waals surface area contributed by atoms with Crippen LogP contribution in [-0.4, -0.2) is 35.1 Å². The summed E-state index contributed by atoms with van der Waals surface area (Å²) in [6.07, 6.45) is 6.71.